The van der Waals surface area contributed by atoms with Crippen LogP contribution < -0.4 is 0 Å². The molecule has 0 bridgehead atoms. The lowest BCUT2D eigenvalue weighted by Gasteiger charge is -2.26. The molecular weight excluding hydrogens is 429 g/mol. The van der Waals surface area contributed by atoms with E-state index in [9.17, 15) is 0 Å². The van der Waals surface area contributed by atoms with E-state index in [-0.39, 0.29) is 5.41 Å². The second kappa shape index (κ2) is 12.2. The standard InChI is InChI=1S/C25H32S4/c1-19(2)26-15-17-28-23-11-7-21(8-12-23)25(5,6)22-9-13-24(14-10-22)29-18-16-27-20(3)4/h7-14H,1,3,15-18H2,2,4-6H3. The summed E-state index contributed by atoms with van der Waals surface area (Å²) >= 11 is 7.52. The highest BCUT2D eigenvalue weighted by molar-refractivity contribution is 8.05. The molecule has 0 saturated carbocycles. The molecule has 0 spiro atoms. The van der Waals surface area contributed by atoms with Gasteiger partial charge in [0.2, 0.25) is 0 Å². The van der Waals surface area contributed by atoms with Gasteiger partial charge in [0.1, 0.15) is 0 Å². The summed E-state index contributed by atoms with van der Waals surface area (Å²) in [5.41, 5.74) is 2.71. The lowest BCUT2D eigenvalue weighted by molar-refractivity contribution is 0.639. The van der Waals surface area contributed by atoms with E-state index < -0.39 is 0 Å². The van der Waals surface area contributed by atoms with Gasteiger partial charge in [0.05, 0.1) is 0 Å². The Balaban J connectivity index is 1.93. The highest BCUT2D eigenvalue weighted by atomic mass is 32.2. The van der Waals surface area contributed by atoms with Crippen LogP contribution in [0.2, 0.25) is 0 Å². The second-order valence-corrected chi connectivity index (χ2v) is 12.6. The van der Waals surface area contributed by atoms with Crippen LogP contribution in [-0.2, 0) is 5.41 Å². The smallest absolute Gasteiger partial charge is 0.0146 e. The zero-order valence-electron chi connectivity index (χ0n) is 18.0. The Morgan fingerprint density at radius 3 is 1.31 bits per heavy atom. The first-order valence-electron chi connectivity index (χ1n) is 9.82. The van der Waals surface area contributed by atoms with Crippen molar-refractivity contribution in [3.05, 3.63) is 82.6 Å². The molecule has 0 amide bonds. The van der Waals surface area contributed by atoms with Gasteiger partial charge in [-0.25, -0.2) is 0 Å². The molecule has 0 saturated heterocycles. The average molecular weight is 461 g/mol. The number of thioether (sulfide) groups is 4. The van der Waals surface area contributed by atoms with Crippen molar-refractivity contribution in [3.8, 4) is 0 Å². The van der Waals surface area contributed by atoms with E-state index in [4.69, 9.17) is 0 Å². The topological polar surface area (TPSA) is 0 Å². The molecule has 156 valence electrons. The minimum absolute atomic E-state index is 0.00198. The van der Waals surface area contributed by atoms with Crippen LogP contribution in [0.5, 0.6) is 0 Å². The van der Waals surface area contributed by atoms with Crippen LogP contribution in [0.4, 0.5) is 0 Å². The highest BCUT2D eigenvalue weighted by Crippen LogP contribution is 2.34. The van der Waals surface area contributed by atoms with E-state index in [0.717, 1.165) is 23.0 Å². The molecule has 0 radical (unpaired) electrons. The number of allylic oxidation sites excluding steroid dienone is 2. The van der Waals surface area contributed by atoms with Crippen molar-refractivity contribution in [2.24, 2.45) is 0 Å². The van der Waals surface area contributed by atoms with Gasteiger partial charge < -0.3 is 0 Å². The van der Waals surface area contributed by atoms with E-state index in [1.165, 1.54) is 30.7 Å². The molecule has 0 nitrogen and oxygen atoms in total. The van der Waals surface area contributed by atoms with Gasteiger partial charge in [0, 0.05) is 38.2 Å². The zero-order valence-corrected chi connectivity index (χ0v) is 21.3. The maximum absolute atomic E-state index is 3.95. The van der Waals surface area contributed by atoms with E-state index >= 15 is 0 Å². The maximum atomic E-state index is 3.95. The normalized spacial score (nSPS) is 11.4. The average Bonchev–Trinajstić information content (AvgIpc) is 2.69. The summed E-state index contributed by atoms with van der Waals surface area (Å²) in [7, 11) is 0. The first kappa shape index (κ1) is 24.6. The number of rotatable bonds is 12. The fraction of sp³-hybridized carbons (Fsp3) is 0.360. The molecule has 0 heterocycles. The monoisotopic (exact) mass is 460 g/mol. The van der Waals surface area contributed by atoms with E-state index in [1.807, 2.05) is 47.0 Å². The predicted octanol–water partition coefficient (Wildman–Crippen LogP) is 8.73. The quantitative estimate of drug-likeness (QED) is 0.229. The van der Waals surface area contributed by atoms with Gasteiger partial charge in [-0.2, -0.15) is 0 Å². The molecule has 0 N–H and O–H groups in total. The van der Waals surface area contributed by atoms with Gasteiger partial charge in [0.15, 0.2) is 0 Å². The zero-order chi connectivity index (χ0) is 21.3. The third-order valence-electron chi connectivity index (χ3n) is 4.55. The Bertz CT molecular complexity index is 721. The van der Waals surface area contributed by atoms with Crippen LogP contribution in [0.1, 0.15) is 38.8 Å². The number of benzene rings is 2. The third kappa shape index (κ3) is 8.53. The largest absolute Gasteiger partial charge is 0.131 e. The van der Waals surface area contributed by atoms with Crippen LogP contribution in [0.15, 0.2) is 81.3 Å². The summed E-state index contributed by atoms with van der Waals surface area (Å²) in [6.07, 6.45) is 0. The molecular formula is C25H32S4. The fourth-order valence-corrected chi connectivity index (χ4v) is 6.01. The van der Waals surface area contributed by atoms with Crippen LogP contribution in [0.25, 0.3) is 0 Å². The summed E-state index contributed by atoms with van der Waals surface area (Å²) in [5.74, 6) is 4.46. The molecule has 2 rings (SSSR count). The van der Waals surface area contributed by atoms with Crippen LogP contribution in [0, 0.1) is 0 Å². The SMILES string of the molecule is C=C(C)SCCSc1ccc(C(C)(C)c2ccc(SCCSC(=C)C)cc2)cc1. The molecule has 0 atom stereocenters. The lowest BCUT2D eigenvalue weighted by atomic mass is 9.78. The minimum atomic E-state index is -0.00198. The molecule has 0 aliphatic carbocycles. The van der Waals surface area contributed by atoms with E-state index in [0.29, 0.717) is 0 Å². The summed E-state index contributed by atoms with van der Waals surface area (Å²) in [6, 6.07) is 18.2. The van der Waals surface area contributed by atoms with Crippen molar-refractivity contribution in [1.29, 1.82) is 0 Å². The third-order valence-corrected chi connectivity index (χ3v) is 8.90. The Kier molecular flexibility index (Phi) is 10.4. The molecule has 4 heteroatoms. The summed E-state index contributed by atoms with van der Waals surface area (Å²) < 4.78 is 0. The molecule has 0 fully saturated rings. The van der Waals surface area contributed by atoms with Crippen molar-refractivity contribution in [1.82, 2.24) is 0 Å². The Morgan fingerprint density at radius 2 is 1.00 bits per heavy atom. The minimum Gasteiger partial charge on any atom is -0.131 e. The van der Waals surface area contributed by atoms with Crippen molar-refractivity contribution in [2.75, 3.05) is 23.0 Å². The molecule has 2 aromatic carbocycles. The first-order chi connectivity index (χ1) is 13.8. The van der Waals surface area contributed by atoms with Gasteiger partial charge in [0.25, 0.3) is 0 Å². The Labute approximate surface area is 194 Å². The Hall–Kier alpha value is -0.680. The van der Waals surface area contributed by atoms with Crippen LogP contribution in [-0.4, -0.2) is 23.0 Å². The van der Waals surface area contributed by atoms with Gasteiger partial charge in [-0.05, 0) is 59.1 Å². The Morgan fingerprint density at radius 1 is 0.655 bits per heavy atom. The van der Waals surface area contributed by atoms with E-state index in [1.54, 1.807) is 0 Å². The van der Waals surface area contributed by atoms with Crippen molar-refractivity contribution < 1.29 is 0 Å². The van der Waals surface area contributed by atoms with E-state index in [2.05, 4.69) is 89.4 Å². The summed E-state index contributed by atoms with van der Waals surface area (Å²) in [6.45, 7) is 16.7. The molecule has 0 aliphatic heterocycles. The molecule has 29 heavy (non-hydrogen) atoms. The van der Waals surface area contributed by atoms with Crippen LogP contribution in [0.3, 0.4) is 0 Å². The second-order valence-electron chi connectivity index (χ2n) is 7.47. The van der Waals surface area contributed by atoms with Gasteiger partial charge >= 0.3 is 0 Å². The highest BCUT2D eigenvalue weighted by Gasteiger charge is 2.22. The molecule has 0 unspecified atom stereocenters. The summed E-state index contributed by atoms with van der Waals surface area (Å²) in [5, 5.41) is 0. The first-order valence-corrected chi connectivity index (χ1v) is 13.8. The molecule has 2 aromatic rings. The molecule has 0 aliphatic rings. The van der Waals surface area contributed by atoms with Gasteiger partial charge in [-0.3, -0.25) is 0 Å². The lowest BCUT2D eigenvalue weighted by Crippen LogP contribution is -2.18. The van der Waals surface area contributed by atoms with Crippen molar-refractivity contribution in [3.63, 3.8) is 0 Å². The van der Waals surface area contributed by atoms with Crippen molar-refractivity contribution >= 4 is 47.0 Å². The summed E-state index contributed by atoms with van der Waals surface area (Å²) in [4.78, 5) is 5.06. The fourth-order valence-electron chi connectivity index (χ4n) is 2.85. The van der Waals surface area contributed by atoms with Crippen LogP contribution >= 0.6 is 47.0 Å². The van der Waals surface area contributed by atoms with Gasteiger partial charge in [-0.1, -0.05) is 51.3 Å². The number of hydrogen-bond donors (Lipinski definition) is 0. The number of hydrogen-bond acceptors (Lipinski definition) is 4. The molecule has 0 aromatic heterocycles. The predicted molar refractivity (Wildman–Crippen MR) is 141 cm³/mol. The maximum Gasteiger partial charge on any atom is 0.0146 e. The van der Waals surface area contributed by atoms with Crippen molar-refractivity contribution in [2.45, 2.75) is 42.9 Å². The van der Waals surface area contributed by atoms with Gasteiger partial charge in [-0.15, -0.1) is 47.0 Å².